The molecule has 0 aliphatic rings. The minimum Gasteiger partial charge on any atom is -0.439 e. The van der Waals surface area contributed by atoms with Crippen molar-refractivity contribution in [3.05, 3.63) is 116 Å². The predicted molar refractivity (Wildman–Crippen MR) is 143 cm³/mol. The molecule has 0 N–H and O–H groups in total. The summed E-state index contributed by atoms with van der Waals surface area (Å²) in [6, 6.07) is 33.0. The number of hydrogen-bond donors (Lipinski definition) is 0. The number of furan rings is 2. The molecule has 0 saturated heterocycles. The second kappa shape index (κ2) is 7.23. The van der Waals surface area contributed by atoms with E-state index in [9.17, 15) is 0 Å². The van der Waals surface area contributed by atoms with Crippen molar-refractivity contribution < 1.29 is 8.83 Å². The minimum atomic E-state index is 0.821. The maximum atomic E-state index is 6.35. The third-order valence-electron chi connectivity index (χ3n) is 6.89. The highest BCUT2D eigenvalue weighted by Crippen LogP contribution is 2.35. The number of fused-ring (bicyclic) bond motifs is 6. The highest BCUT2D eigenvalue weighted by Gasteiger charge is 2.16. The molecular formula is C31H19N3O2. The zero-order valence-corrected chi connectivity index (χ0v) is 19.1. The zero-order chi connectivity index (χ0) is 23.6. The van der Waals surface area contributed by atoms with Crippen LogP contribution in [0.15, 0.2) is 124 Å². The first-order valence-corrected chi connectivity index (χ1v) is 11.9. The fraction of sp³-hybridized carbons (Fsp3) is 0. The van der Waals surface area contributed by atoms with Crippen molar-refractivity contribution in [3.63, 3.8) is 0 Å². The van der Waals surface area contributed by atoms with E-state index in [-0.39, 0.29) is 0 Å². The van der Waals surface area contributed by atoms with Crippen LogP contribution in [0.1, 0.15) is 0 Å². The van der Waals surface area contributed by atoms with Crippen molar-refractivity contribution in [2.75, 3.05) is 0 Å². The van der Waals surface area contributed by atoms with E-state index in [4.69, 9.17) is 8.83 Å². The van der Waals surface area contributed by atoms with Crippen molar-refractivity contribution in [2.24, 2.45) is 0 Å². The van der Waals surface area contributed by atoms with Crippen LogP contribution in [-0.2, 0) is 0 Å². The first-order chi connectivity index (χ1) is 17.8. The molecule has 0 amide bonds. The first-order valence-electron chi connectivity index (χ1n) is 11.9. The maximum absolute atomic E-state index is 6.35. The van der Waals surface area contributed by atoms with Gasteiger partial charge in [-0.05, 0) is 60.7 Å². The van der Waals surface area contributed by atoms with E-state index in [1.54, 1.807) is 0 Å². The minimum absolute atomic E-state index is 0.821. The average Bonchev–Trinajstić information content (AvgIpc) is 3.69. The Morgan fingerprint density at radius 1 is 0.528 bits per heavy atom. The van der Waals surface area contributed by atoms with Gasteiger partial charge in [0, 0.05) is 57.1 Å². The molecule has 5 aromatic heterocycles. The summed E-state index contributed by atoms with van der Waals surface area (Å²) < 4.78 is 16.7. The van der Waals surface area contributed by atoms with Crippen LogP contribution < -0.4 is 0 Å². The van der Waals surface area contributed by atoms with Crippen LogP contribution in [0.25, 0.3) is 66.8 Å². The summed E-state index contributed by atoms with van der Waals surface area (Å²) in [6.07, 6.45) is 5.94. The summed E-state index contributed by atoms with van der Waals surface area (Å²) in [6.45, 7) is 0. The van der Waals surface area contributed by atoms with Crippen LogP contribution >= 0.6 is 0 Å². The fourth-order valence-corrected chi connectivity index (χ4v) is 5.16. The van der Waals surface area contributed by atoms with Gasteiger partial charge in [0.25, 0.3) is 0 Å². The number of para-hydroxylation sites is 1. The third-order valence-corrected chi connectivity index (χ3v) is 6.89. The number of aromatic nitrogens is 3. The van der Waals surface area contributed by atoms with Gasteiger partial charge in [-0.1, -0.05) is 36.4 Å². The van der Waals surface area contributed by atoms with Crippen molar-refractivity contribution in [1.82, 2.24) is 14.1 Å². The molecule has 8 rings (SSSR count). The summed E-state index contributed by atoms with van der Waals surface area (Å²) in [4.78, 5) is 4.50. The lowest BCUT2D eigenvalue weighted by molar-refractivity contribution is 0.640. The molecule has 0 bridgehead atoms. The van der Waals surface area contributed by atoms with Gasteiger partial charge in [0.15, 0.2) is 0 Å². The summed E-state index contributed by atoms with van der Waals surface area (Å²) in [5.74, 6) is 0. The van der Waals surface area contributed by atoms with E-state index >= 15 is 0 Å². The molecule has 0 saturated carbocycles. The molecule has 0 aliphatic heterocycles. The number of hydrogen-bond acceptors (Lipinski definition) is 3. The molecule has 0 radical (unpaired) electrons. The Labute approximate surface area is 205 Å². The zero-order valence-electron chi connectivity index (χ0n) is 19.1. The van der Waals surface area contributed by atoms with Crippen molar-refractivity contribution in [3.8, 4) is 22.6 Å². The Hall–Kier alpha value is -5.03. The lowest BCUT2D eigenvalue weighted by Gasteiger charge is -2.06. The summed E-state index contributed by atoms with van der Waals surface area (Å²) >= 11 is 0. The molecule has 5 heteroatoms. The highest BCUT2D eigenvalue weighted by molar-refractivity contribution is 6.07. The predicted octanol–water partition coefficient (Wildman–Crippen LogP) is 8.13. The Bertz CT molecular complexity index is 2050. The second-order valence-corrected chi connectivity index (χ2v) is 8.96. The lowest BCUT2D eigenvalue weighted by atomic mass is 10.1. The Morgan fingerprint density at radius 3 is 2.06 bits per heavy atom. The summed E-state index contributed by atoms with van der Waals surface area (Å²) in [5.41, 5.74) is 7.49. The van der Waals surface area contributed by atoms with E-state index in [1.807, 2.05) is 48.7 Å². The lowest BCUT2D eigenvalue weighted by Crippen LogP contribution is -1.92. The van der Waals surface area contributed by atoms with Gasteiger partial charge in [0.05, 0.1) is 5.69 Å². The average molecular weight is 466 g/mol. The van der Waals surface area contributed by atoms with Gasteiger partial charge in [0.1, 0.15) is 11.2 Å². The van der Waals surface area contributed by atoms with Gasteiger partial charge in [0.2, 0.25) is 11.4 Å². The van der Waals surface area contributed by atoms with Crippen LogP contribution in [-0.4, -0.2) is 14.1 Å². The summed E-state index contributed by atoms with van der Waals surface area (Å²) in [5, 5.41) is 4.38. The number of rotatable bonds is 3. The van der Waals surface area contributed by atoms with E-state index in [1.165, 1.54) is 0 Å². The van der Waals surface area contributed by atoms with Crippen LogP contribution in [0, 0.1) is 0 Å². The van der Waals surface area contributed by atoms with Gasteiger partial charge in [-0.2, -0.15) is 0 Å². The molecule has 0 atom stereocenters. The third kappa shape index (κ3) is 2.74. The van der Waals surface area contributed by atoms with Crippen LogP contribution in [0.5, 0.6) is 0 Å². The van der Waals surface area contributed by atoms with E-state index in [0.717, 1.165) is 66.8 Å². The molecular weight excluding hydrogens is 446 g/mol. The first kappa shape index (κ1) is 19.3. The largest absolute Gasteiger partial charge is 0.439 e. The molecule has 5 nitrogen and oxygen atoms in total. The standard InChI is InChI=1S/C31H19N3O2/c1-2-10-28-23(8-1)24-13-16-34(30(24)35-28)22-11-12-29-26(19-22)25-14-17-33(31(25)36-29)21-7-5-6-20(18-21)27-9-3-4-15-32-27/h1-19H. The van der Waals surface area contributed by atoms with E-state index in [2.05, 4.69) is 81.1 Å². The van der Waals surface area contributed by atoms with Crippen molar-refractivity contribution >= 4 is 44.1 Å². The molecule has 0 aliphatic carbocycles. The number of nitrogens with zero attached hydrogens (tertiary/aromatic N) is 3. The molecule has 5 heterocycles. The monoisotopic (exact) mass is 465 g/mol. The van der Waals surface area contributed by atoms with Crippen molar-refractivity contribution in [1.29, 1.82) is 0 Å². The second-order valence-electron chi connectivity index (χ2n) is 8.96. The maximum Gasteiger partial charge on any atom is 0.212 e. The van der Waals surface area contributed by atoms with Gasteiger partial charge >= 0.3 is 0 Å². The molecule has 0 fully saturated rings. The van der Waals surface area contributed by atoms with Crippen LogP contribution in [0.2, 0.25) is 0 Å². The van der Waals surface area contributed by atoms with Gasteiger partial charge < -0.3 is 8.83 Å². The van der Waals surface area contributed by atoms with E-state index in [0.29, 0.717) is 0 Å². The van der Waals surface area contributed by atoms with Crippen molar-refractivity contribution in [2.45, 2.75) is 0 Å². The van der Waals surface area contributed by atoms with Crippen LogP contribution in [0.3, 0.4) is 0 Å². The molecule has 36 heavy (non-hydrogen) atoms. The van der Waals surface area contributed by atoms with Gasteiger partial charge in [-0.25, -0.2) is 0 Å². The van der Waals surface area contributed by atoms with E-state index < -0.39 is 0 Å². The molecule has 8 aromatic rings. The molecule has 0 unspecified atom stereocenters. The quantitative estimate of drug-likeness (QED) is 0.265. The number of benzene rings is 3. The van der Waals surface area contributed by atoms with Gasteiger partial charge in [-0.15, -0.1) is 0 Å². The smallest absolute Gasteiger partial charge is 0.212 e. The Kier molecular flexibility index (Phi) is 3.88. The van der Waals surface area contributed by atoms with Gasteiger partial charge in [-0.3, -0.25) is 14.1 Å². The Morgan fingerprint density at radius 2 is 1.25 bits per heavy atom. The summed E-state index contributed by atoms with van der Waals surface area (Å²) in [7, 11) is 0. The van der Waals surface area contributed by atoms with Crippen LogP contribution in [0.4, 0.5) is 0 Å². The Balaban J connectivity index is 1.27. The molecule has 0 spiro atoms. The molecule has 170 valence electrons. The topological polar surface area (TPSA) is 49.0 Å². The fourth-order valence-electron chi connectivity index (χ4n) is 5.16. The highest BCUT2D eigenvalue weighted by atomic mass is 16.3. The SMILES string of the molecule is c1ccc(-c2cccc(-n3ccc4c5cc(-n6ccc7c8ccccc8oc76)ccc5oc43)c2)nc1. The molecule has 3 aromatic carbocycles. The number of pyridine rings is 1. The normalized spacial score (nSPS) is 11.9.